The molecule has 0 aliphatic heterocycles. The molecule has 4 aromatic heterocycles. The molecule has 15 aromatic rings. The van der Waals surface area contributed by atoms with E-state index in [2.05, 4.69) is 422 Å². The van der Waals surface area contributed by atoms with Gasteiger partial charge in [0.1, 0.15) is 0 Å². The topological polar surface area (TPSA) is 51.6 Å². The molecular weight excluding hydrogens is 1620 g/mol. The molecule has 599 valence electrons. The second-order valence-electron chi connectivity index (χ2n) is 35.3. The summed E-state index contributed by atoms with van der Waals surface area (Å²) >= 11 is 0. The van der Waals surface area contributed by atoms with E-state index >= 15 is 0 Å². The molecule has 0 spiro atoms. The predicted octanol–water partition coefficient (Wildman–Crippen LogP) is 31.2. The third kappa shape index (κ3) is 16.9. The van der Waals surface area contributed by atoms with E-state index in [-0.39, 0.29) is 67.4 Å². The smallest absolute Gasteiger partial charge is 0.0930 e. The average molecular weight is 1730 g/mol. The Kier molecular flexibility index (Phi) is 25.2. The number of rotatable bonds is 24. The Morgan fingerprint density at radius 2 is 0.504 bits per heavy atom. The molecule has 0 bridgehead atoms. The molecule has 0 amide bonds. The van der Waals surface area contributed by atoms with Crippen molar-refractivity contribution in [3.8, 4) is 111 Å². The predicted molar refractivity (Wildman–Crippen MR) is 499 cm³/mol. The van der Waals surface area contributed by atoms with Crippen LogP contribution in [-0.2, 0) is 30.9 Å². The standard InChI is InChI=1S/C114H112N4.Ir/c1-71(2)96-58-87(79-37-25-19-26-38-79)59-97(72(3)4)109(96)84-49-52-115-105(67-84)113(17,94-47-35-24-36-48-94)95-56-92(55-93(57-95)112-102(77(13)14)64-90(65-103(112)78(15)16)82-43-31-22-32-44-82)104-66-91(83-45-33-23-34-46-83)70-108(118-104)114(18,106-68-85(50-53-116-106)110-98(73(5)6)60-88(61-99(110)74(7)8)80-39-27-20-28-40-80)107-69-86(51-54-117-107)111-100(75(9)10)62-89(63-101(111)76(11)12)81-41-29-21-30-42-81;/h19-47,49-55,57-78H,1-18H3;/q-2;. The van der Waals surface area contributed by atoms with Crippen molar-refractivity contribution < 1.29 is 20.1 Å². The summed E-state index contributed by atoms with van der Waals surface area (Å²) in [7, 11) is 0. The van der Waals surface area contributed by atoms with Crippen LogP contribution in [0.3, 0.4) is 0 Å². The molecule has 0 aliphatic rings. The summed E-state index contributed by atoms with van der Waals surface area (Å²) in [6.45, 7) is 42.1. The Labute approximate surface area is 723 Å². The van der Waals surface area contributed by atoms with Gasteiger partial charge in [0.05, 0.1) is 22.5 Å². The minimum absolute atomic E-state index is 0. The van der Waals surface area contributed by atoms with Gasteiger partial charge in [-0.1, -0.05) is 323 Å². The average Bonchev–Trinajstić information content (AvgIpc) is 0.736. The fraction of sp³-hybridized carbons (Fsp3) is 0.246. The first-order chi connectivity index (χ1) is 56.9. The van der Waals surface area contributed by atoms with Crippen LogP contribution in [0.1, 0.15) is 250 Å². The molecular formula is C114H112IrN4-2. The largest absolute Gasteiger partial charge is 0.300 e. The molecule has 119 heavy (non-hydrogen) atoms. The summed E-state index contributed by atoms with van der Waals surface area (Å²) in [6, 6.07) is 114. The Bertz CT molecular complexity index is 5810. The van der Waals surface area contributed by atoms with E-state index in [0.717, 1.165) is 78.5 Å². The number of pyridine rings is 4. The van der Waals surface area contributed by atoms with Gasteiger partial charge in [-0.15, -0.1) is 34.9 Å². The molecule has 0 saturated heterocycles. The van der Waals surface area contributed by atoms with Crippen LogP contribution in [0.4, 0.5) is 0 Å². The minimum atomic E-state index is -1.13. The molecule has 1 radical (unpaired) electrons. The van der Waals surface area contributed by atoms with Gasteiger partial charge in [0.15, 0.2) is 0 Å². The molecule has 15 rings (SSSR count). The Morgan fingerprint density at radius 1 is 0.235 bits per heavy atom. The quantitative estimate of drug-likeness (QED) is 0.0566. The van der Waals surface area contributed by atoms with E-state index in [0.29, 0.717) is 0 Å². The first kappa shape index (κ1) is 84.1. The van der Waals surface area contributed by atoms with Crippen LogP contribution in [0, 0.1) is 12.1 Å². The molecule has 0 fully saturated rings. The minimum Gasteiger partial charge on any atom is -0.300 e. The summed E-state index contributed by atoms with van der Waals surface area (Å²) in [5.74, 6) is 1.52. The number of hydrogen-bond donors (Lipinski definition) is 0. The van der Waals surface area contributed by atoms with Gasteiger partial charge in [-0.05, 0) is 248 Å². The number of hydrogen-bond acceptors (Lipinski definition) is 4. The van der Waals surface area contributed by atoms with Crippen molar-refractivity contribution in [3.63, 3.8) is 0 Å². The SMILES string of the molecule is CC(C)c1cc(-c2ccccc2)cc(C(C)C)c1-c1cc(-c2cc(-c3ccccc3)cc(C(C)(c3cc(-c4c(C(C)C)cc(-c5ccccc5)cc4C(C)C)ccn3)c3cc(-c4c(C(C)C)cc(-c5ccccc5)cc4C(C)C)ccn3)n2)[c-]c(C(C)(c2[c-]cccc2)c2cc(-c3c(C(C)C)cc(-c4ccccc4)cc3C(C)C)ccn2)c1.[Ir]. The summed E-state index contributed by atoms with van der Waals surface area (Å²) in [5, 5.41) is 0. The first-order valence-electron chi connectivity index (χ1n) is 42.8. The van der Waals surface area contributed by atoms with Gasteiger partial charge < -0.3 is 0 Å². The van der Waals surface area contributed by atoms with Gasteiger partial charge in [0, 0.05) is 49.8 Å². The van der Waals surface area contributed by atoms with E-state index in [9.17, 15) is 0 Å². The third-order valence-electron chi connectivity index (χ3n) is 24.5. The van der Waals surface area contributed by atoms with Crippen molar-refractivity contribution in [3.05, 3.63) is 394 Å². The normalized spacial score (nSPS) is 12.4. The third-order valence-corrected chi connectivity index (χ3v) is 24.5. The first-order valence-corrected chi connectivity index (χ1v) is 42.8. The van der Waals surface area contributed by atoms with E-state index in [1.54, 1.807) is 0 Å². The van der Waals surface area contributed by atoms with Crippen molar-refractivity contribution in [2.24, 2.45) is 0 Å². The van der Waals surface area contributed by atoms with Crippen LogP contribution in [-0.4, -0.2) is 19.9 Å². The molecule has 1 atom stereocenters. The maximum Gasteiger partial charge on any atom is 0.0930 e. The summed E-state index contributed by atoms with van der Waals surface area (Å²) in [4.78, 5) is 23.3. The van der Waals surface area contributed by atoms with Gasteiger partial charge in [-0.25, -0.2) is 0 Å². The summed E-state index contributed by atoms with van der Waals surface area (Å²) in [6.07, 6.45) is 6.11. The summed E-state index contributed by atoms with van der Waals surface area (Å²) < 4.78 is 0. The molecule has 4 nitrogen and oxygen atoms in total. The van der Waals surface area contributed by atoms with E-state index in [1.165, 1.54) is 111 Å². The molecule has 11 aromatic carbocycles. The molecule has 0 aliphatic carbocycles. The van der Waals surface area contributed by atoms with Crippen LogP contribution in [0.5, 0.6) is 0 Å². The van der Waals surface area contributed by atoms with Crippen LogP contribution >= 0.6 is 0 Å². The number of nitrogens with zero attached hydrogens (tertiary/aromatic N) is 4. The molecule has 0 saturated carbocycles. The van der Waals surface area contributed by atoms with Gasteiger partial charge in [0.25, 0.3) is 0 Å². The van der Waals surface area contributed by atoms with Crippen molar-refractivity contribution in [2.75, 3.05) is 0 Å². The van der Waals surface area contributed by atoms with Gasteiger partial charge >= 0.3 is 0 Å². The zero-order valence-electron chi connectivity index (χ0n) is 72.6. The Morgan fingerprint density at radius 3 is 0.790 bits per heavy atom. The van der Waals surface area contributed by atoms with Crippen molar-refractivity contribution in [1.29, 1.82) is 0 Å². The summed E-state index contributed by atoms with van der Waals surface area (Å²) in [5.41, 5.74) is 36.2. The second kappa shape index (κ2) is 35.7. The Balaban J connectivity index is 0.0000116. The molecule has 5 heteroatoms. The molecule has 1 unspecified atom stereocenters. The number of benzene rings is 11. The van der Waals surface area contributed by atoms with Crippen molar-refractivity contribution >= 4 is 0 Å². The number of aromatic nitrogens is 4. The fourth-order valence-electron chi connectivity index (χ4n) is 17.9. The van der Waals surface area contributed by atoms with Crippen molar-refractivity contribution in [1.82, 2.24) is 19.9 Å². The van der Waals surface area contributed by atoms with Crippen molar-refractivity contribution in [2.45, 2.75) is 183 Å². The van der Waals surface area contributed by atoms with E-state index < -0.39 is 10.8 Å². The maximum atomic E-state index is 6.30. The Hall–Kier alpha value is -11.3. The van der Waals surface area contributed by atoms with Crippen LogP contribution < -0.4 is 0 Å². The zero-order chi connectivity index (χ0) is 82.8. The monoisotopic (exact) mass is 1730 g/mol. The van der Waals surface area contributed by atoms with Gasteiger partial charge in [-0.2, -0.15) is 30.3 Å². The van der Waals surface area contributed by atoms with E-state index in [1.807, 2.05) is 18.6 Å². The molecule has 0 N–H and O–H groups in total. The van der Waals surface area contributed by atoms with Crippen LogP contribution in [0.25, 0.3) is 111 Å². The zero-order valence-corrected chi connectivity index (χ0v) is 75.0. The van der Waals surface area contributed by atoms with Crippen LogP contribution in [0.2, 0.25) is 0 Å². The van der Waals surface area contributed by atoms with Gasteiger partial charge in [0.2, 0.25) is 0 Å². The van der Waals surface area contributed by atoms with Crippen LogP contribution in [0.15, 0.2) is 304 Å². The fourth-order valence-corrected chi connectivity index (χ4v) is 17.9. The van der Waals surface area contributed by atoms with Gasteiger partial charge in [-0.3, -0.25) is 19.9 Å². The molecule has 4 heterocycles. The van der Waals surface area contributed by atoms with E-state index in [4.69, 9.17) is 19.9 Å². The second-order valence-corrected chi connectivity index (χ2v) is 35.3. The maximum absolute atomic E-state index is 6.30.